The molecular weight excluding hydrogens is 624 g/mol. The molecule has 0 bridgehead atoms. The number of nitriles is 1. The largest absolute Gasteiger partial charge is 0.315 e. The van der Waals surface area contributed by atoms with Gasteiger partial charge in [0.25, 0.3) is 0 Å². The fourth-order valence-electron chi connectivity index (χ4n) is 5.69. The van der Waals surface area contributed by atoms with Crippen molar-refractivity contribution >= 4 is 50.2 Å². The van der Waals surface area contributed by atoms with E-state index in [4.69, 9.17) is 6.42 Å². The van der Waals surface area contributed by atoms with Crippen LogP contribution in [0.2, 0.25) is 0 Å². The zero-order chi connectivity index (χ0) is 31.7. The second kappa shape index (κ2) is 12.3. The van der Waals surface area contributed by atoms with Gasteiger partial charge in [0.2, 0.25) is 11.8 Å². The highest BCUT2D eigenvalue weighted by atomic mass is 79.9. The molecule has 0 radical (unpaired) electrons. The highest BCUT2D eigenvalue weighted by molar-refractivity contribution is 9.10. The van der Waals surface area contributed by atoms with Crippen molar-refractivity contribution < 1.29 is 14.4 Å². The van der Waals surface area contributed by atoms with Crippen molar-refractivity contribution in [2.24, 2.45) is 5.92 Å². The minimum Gasteiger partial charge on any atom is -0.315 e. The first-order valence-corrected chi connectivity index (χ1v) is 14.7. The van der Waals surface area contributed by atoms with Crippen LogP contribution in [0.4, 0.5) is 5.82 Å². The van der Waals surface area contributed by atoms with Crippen LogP contribution in [-0.2, 0) is 16.1 Å². The molecule has 222 valence electrons. The normalized spacial score (nSPS) is 17.7. The number of nitrogens with zero attached hydrogens (tertiary/aromatic N) is 7. The molecule has 0 saturated carbocycles. The number of aryl methyl sites for hydroxylation is 3. The topological polar surface area (TPSA) is 147 Å². The lowest BCUT2D eigenvalue weighted by atomic mass is 9.96. The Kier molecular flexibility index (Phi) is 8.56. The zero-order valence-electron chi connectivity index (χ0n) is 24.6. The molecule has 3 atom stereocenters. The third-order valence-electron chi connectivity index (χ3n) is 7.79. The van der Waals surface area contributed by atoms with E-state index in [2.05, 4.69) is 53.3 Å². The van der Waals surface area contributed by atoms with Gasteiger partial charge in [0.15, 0.2) is 5.78 Å². The Bertz CT molecular complexity index is 1890. The van der Waals surface area contributed by atoms with E-state index >= 15 is 0 Å². The number of benzene rings is 1. The van der Waals surface area contributed by atoms with Gasteiger partial charge in [-0.05, 0) is 78.0 Å². The monoisotopic (exact) mass is 652 g/mol. The van der Waals surface area contributed by atoms with E-state index in [1.54, 1.807) is 25.4 Å². The number of terminal acetylenes is 1. The first-order chi connectivity index (χ1) is 21.0. The first-order valence-electron chi connectivity index (χ1n) is 13.9. The number of nitrogens with one attached hydrogen (secondary N) is 1. The summed E-state index contributed by atoms with van der Waals surface area (Å²) in [6.45, 7) is 6.63. The van der Waals surface area contributed by atoms with Gasteiger partial charge in [0.05, 0.1) is 17.6 Å². The van der Waals surface area contributed by atoms with Gasteiger partial charge in [-0.25, -0.2) is 15.0 Å². The summed E-state index contributed by atoms with van der Waals surface area (Å²) in [5, 5.41) is 17.4. The average molecular weight is 654 g/mol. The summed E-state index contributed by atoms with van der Waals surface area (Å²) in [4.78, 5) is 54.6. The molecule has 1 aliphatic heterocycles. The number of hydrogen-bond acceptors (Lipinski definition) is 8. The van der Waals surface area contributed by atoms with Gasteiger partial charge in [-0.2, -0.15) is 10.4 Å². The number of anilines is 1. The maximum absolute atomic E-state index is 14.1. The minimum atomic E-state index is -0.939. The summed E-state index contributed by atoms with van der Waals surface area (Å²) in [6, 6.07) is 7.75. The van der Waals surface area contributed by atoms with E-state index in [-0.39, 0.29) is 30.9 Å². The smallest absolute Gasteiger partial charge is 0.248 e. The maximum atomic E-state index is 14.1. The third kappa shape index (κ3) is 5.81. The van der Waals surface area contributed by atoms with E-state index in [0.29, 0.717) is 27.1 Å². The lowest BCUT2D eigenvalue weighted by molar-refractivity contribution is -0.138. The van der Waals surface area contributed by atoms with Crippen LogP contribution in [0.3, 0.4) is 0 Å². The van der Waals surface area contributed by atoms with Gasteiger partial charge in [-0.15, -0.1) is 6.42 Å². The van der Waals surface area contributed by atoms with Gasteiger partial charge in [0, 0.05) is 42.6 Å². The van der Waals surface area contributed by atoms with Crippen LogP contribution in [0.15, 0.2) is 41.3 Å². The Morgan fingerprint density at radius 2 is 1.84 bits per heavy atom. The molecule has 12 heteroatoms. The lowest BCUT2D eigenvalue weighted by Crippen LogP contribution is -2.48. The van der Waals surface area contributed by atoms with E-state index < -0.39 is 29.8 Å². The summed E-state index contributed by atoms with van der Waals surface area (Å²) in [7, 11) is 0. The molecule has 1 fully saturated rings. The summed E-state index contributed by atoms with van der Waals surface area (Å²) in [6.07, 6.45) is 9.62. The lowest BCUT2D eigenvalue weighted by Gasteiger charge is -2.28. The molecule has 1 saturated heterocycles. The van der Waals surface area contributed by atoms with Gasteiger partial charge >= 0.3 is 0 Å². The number of halogens is 1. The molecule has 2 amide bonds. The fourth-order valence-corrected chi connectivity index (χ4v) is 6.00. The van der Waals surface area contributed by atoms with Crippen molar-refractivity contribution in [2.45, 2.75) is 59.2 Å². The molecule has 1 aliphatic rings. The van der Waals surface area contributed by atoms with Crippen molar-refractivity contribution in [1.29, 1.82) is 5.26 Å². The SMILES string of the molecule is C#C[C@@H]1[C@@H](CC#N)C[C@@H](C(=O)Nc2nc(Br)ccc2C)N1C(=O)Cn1nc(C(C)=O)c2cc(-c3cnc(C)nc3)cc(C)c21. The number of carbonyl (C=O) groups is 3. The van der Waals surface area contributed by atoms with Gasteiger partial charge < -0.3 is 10.2 Å². The molecule has 11 nitrogen and oxygen atoms in total. The van der Waals surface area contributed by atoms with E-state index in [9.17, 15) is 19.6 Å². The highest BCUT2D eigenvalue weighted by Crippen LogP contribution is 2.34. The second-order valence-corrected chi connectivity index (χ2v) is 11.7. The third-order valence-corrected chi connectivity index (χ3v) is 8.24. The molecule has 0 unspecified atom stereocenters. The number of carbonyl (C=O) groups excluding carboxylic acids is 3. The highest BCUT2D eigenvalue weighted by Gasteiger charge is 2.46. The number of pyridine rings is 1. The number of Topliss-reactive ketones (excluding diaryl/α,β-unsaturated/α-hetero) is 1. The number of aromatic nitrogens is 5. The molecule has 0 spiro atoms. The molecular formula is C32H29BrN8O3. The summed E-state index contributed by atoms with van der Waals surface area (Å²) >= 11 is 3.32. The summed E-state index contributed by atoms with van der Waals surface area (Å²) in [5.41, 5.74) is 3.94. The Morgan fingerprint density at radius 1 is 1.11 bits per heavy atom. The molecule has 3 aromatic heterocycles. The Hall–Kier alpha value is -4.94. The fraction of sp³-hybridized carbons (Fsp3) is 0.312. The van der Waals surface area contributed by atoms with Crippen LogP contribution < -0.4 is 5.32 Å². The van der Waals surface area contributed by atoms with Crippen molar-refractivity contribution in [3.05, 3.63) is 63.9 Å². The Balaban J connectivity index is 1.52. The predicted molar refractivity (Wildman–Crippen MR) is 167 cm³/mol. The van der Waals surface area contributed by atoms with Gasteiger partial charge in [-0.3, -0.25) is 19.1 Å². The number of amides is 2. The van der Waals surface area contributed by atoms with Crippen LogP contribution >= 0.6 is 15.9 Å². The number of fused-ring (bicyclic) bond motifs is 1. The van der Waals surface area contributed by atoms with E-state index in [0.717, 1.165) is 22.3 Å². The Labute approximate surface area is 262 Å². The molecule has 0 aliphatic carbocycles. The quantitative estimate of drug-likeness (QED) is 0.174. The standard InChI is InChI=1S/C32H29BrN8O3/c1-6-25-21(9-10-34)13-26(32(44)38-31-17(2)7-8-27(33)37-31)41(25)28(43)16-40-30-18(3)11-22(23-14-35-20(5)36-15-23)12-24(30)29(39-40)19(4)42/h1,7-8,11-12,14-15,21,25-26H,9,13,16H2,2-5H3,(H,37,38,44)/t21-,25+,26-/m0/s1. The summed E-state index contributed by atoms with van der Waals surface area (Å²) in [5.74, 6) is 2.07. The van der Waals surface area contributed by atoms with Crippen molar-refractivity contribution in [3.8, 4) is 29.5 Å². The van der Waals surface area contributed by atoms with Crippen LogP contribution in [0.5, 0.6) is 0 Å². The maximum Gasteiger partial charge on any atom is 0.248 e. The van der Waals surface area contributed by atoms with Crippen LogP contribution in [-0.4, -0.2) is 59.3 Å². The molecule has 5 rings (SSSR count). The number of hydrogen-bond donors (Lipinski definition) is 1. The molecule has 44 heavy (non-hydrogen) atoms. The summed E-state index contributed by atoms with van der Waals surface area (Å²) < 4.78 is 2.03. The first kappa shape index (κ1) is 30.5. The molecule has 1 N–H and O–H groups in total. The van der Waals surface area contributed by atoms with Crippen molar-refractivity contribution in [2.75, 3.05) is 5.32 Å². The second-order valence-electron chi connectivity index (χ2n) is 10.8. The zero-order valence-corrected chi connectivity index (χ0v) is 26.2. The molecule has 1 aromatic carbocycles. The van der Waals surface area contributed by atoms with E-state index in [1.165, 1.54) is 16.5 Å². The minimum absolute atomic E-state index is 0.0837. The van der Waals surface area contributed by atoms with Crippen LogP contribution in [0.25, 0.3) is 22.0 Å². The number of likely N-dealkylation sites (tertiary alicyclic amines) is 1. The molecule has 4 aromatic rings. The van der Waals surface area contributed by atoms with Crippen molar-refractivity contribution in [3.63, 3.8) is 0 Å². The van der Waals surface area contributed by atoms with Crippen molar-refractivity contribution in [1.82, 2.24) is 29.6 Å². The number of rotatable bonds is 7. The predicted octanol–water partition coefficient (Wildman–Crippen LogP) is 4.55. The average Bonchev–Trinajstić information content (AvgIpc) is 3.54. The molecule has 4 heterocycles. The van der Waals surface area contributed by atoms with Gasteiger partial charge in [0.1, 0.15) is 34.5 Å². The van der Waals surface area contributed by atoms with Crippen LogP contribution in [0.1, 0.15) is 47.2 Å². The van der Waals surface area contributed by atoms with E-state index in [1.807, 2.05) is 32.0 Å². The van der Waals surface area contributed by atoms with Crippen LogP contribution in [0, 0.1) is 50.4 Å². The number of ketones is 1. The van der Waals surface area contributed by atoms with Gasteiger partial charge in [-0.1, -0.05) is 12.0 Å². The Morgan fingerprint density at radius 3 is 2.50 bits per heavy atom.